The molecule has 0 unspecified atom stereocenters. The van der Waals surface area contributed by atoms with Crippen molar-refractivity contribution in [3.63, 3.8) is 0 Å². The van der Waals surface area contributed by atoms with E-state index in [1.165, 1.54) is 4.90 Å². The summed E-state index contributed by atoms with van der Waals surface area (Å²) in [4.78, 5) is 1.18. The molecule has 4 aromatic rings. The number of benzene rings is 3. The molecule has 170 valence electrons. The lowest BCUT2D eigenvalue weighted by Gasteiger charge is -2.02. The van der Waals surface area contributed by atoms with Gasteiger partial charge < -0.3 is 10.8 Å². The van der Waals surface area contributed by atoms with Gasteiger partial charge in [-0.3, -0.25) is 4.55 Å². The molecule has 5 rings (SSSR count). The topological polar surface area (TPSA) is 100 Å². The SMILES string of the molecule is O=S(=O)(O)CCC[n+]1c(C=C2Nc3ccccc3S2)sc2ccc(-c3ccccc3)cc21.[OH-]. The van der Waals surface area contributed by atoms with Crippen molar-refractivity contribution in [2.75, 3.05) is 11.1 Å². The van der Waals surface area contributed by atoms with Crippen LogP contribution in [0, 0.1) is 0 Å². The zero-order valence-corrected chi connectivity index (χ0v) is 20.0. The lowest BCUT2D eigenvalue weighted by molar-refractivity contribution is -0.668. The lowest BCUT2D eigenvalue weighted by Crippen LogP contribution is -2.36. The lowest BCUT2D eigenvalue weighted by atomic mass is 10.1. The molecule has 0 saturated carbocycles. The average Bonchev–Trinajstić information content (AvgIpc) is 3.34. The number of thioether (sulfide) groups is 1. The minimum atomic E-state index is -4.00. The van der Waals surface area contributed by atoms with E-state index in [-0.39, 0.29) is 11.2 Å². The smallest absolute Gasteiger partial charge is 0.265 e. The third-order valence-corrected chi connectivity index (χ3v) is 8.17. The normalized spacial score (nSPS) is 14.2. The van der Waals surface area contributed by atoms with Crippen LogP contribution in [0.5, 0.6) is 0 Å². The van der Waals surface area contributed by atoms with E-state index in [9.17, 15) is 13.0 Å². The first-order chi connectivity index (χ1) is 15.5. The molecule has 2 heterocycles. The van der Waals surface area contributed by atoms with E-state index >= 15 is 0 Å². The number of nitrogens with zero attached hydrogens (tertiary/aromatic N) is 1. The van der Waals surface area contributed by atoms with Crippen molar-refractivity contribution in [1.29, 1.82) is 0 Å². The first-order valence-corrected chi connectivity index (χ1v) is 13.4. The summed E-state index contributed by atoms with van der Waals surface area (Å²) in [6.45, 7) is 0.495. The van der Waals surface area contributed by atoms with E-state index < -0.39 is 10.1 Å². The van der Waals surface area contributed by atoms with Crippen LogP contribution < -0.4 is 9.88 Å². The fourth-order valence-corrected chi connectivity index (χ4v) is 6.39. The number of hydrogen-bond acceptors (Lipinski definition) is 6. The predicted octanol–water partition coefficient (Wildman–Crippen LogP) is 5.47. The summed E-state index contributed by atoms with van der Waals surface area (Å²) in [5.74, 6) is -0.260. The van der Waals surface area contributed by atoms with E-state index in [4.69, 9.17) is 0 Å². The molecule has 0 spiro atoms. The number of fused-ring (bicyclic) bond motifs is 2. The number of nitrogens with one attached hydrogen (secondary N) is 1. The molecule has 0 saturated heterocycles. The summed E-state index contributed by atoms with van der Waals surface area (Å²) in [5, 5.41) is 5.52. The molecule has 6 nitrogen and oxygen atoms in total. The molecule has 3 aromatic carbocycles. The van der Waals surface area contributed by atoms with Gasteiger partial charge in [-0.25, -0.2) is 0 Å². The Morgan fingerprint density at radius 1 is 0.970 bits per heavy atom. The molecule has 0 amide bonds. The first kappa shape index (κ1) is 23.5. The molecule has 0 bridgehead atoms. The van der Waals surface area contributed by atoms with Crippen LogP contribution in [0.25, 0.3) is 27.4 Å². The zero-order chi connectivity index (χ0) is 22.1. The number of anilines is 1. The quantitative estimate of drug-likeness (QED) is 0.270. The maximum absolute atomic E-state index is 11.3. The number of para-hydroxylation sites is 1. The van der Waals surface area contributed by atoms with Crippen LogP contribution in [-0.4, -0.2) is 24.2 Å². The number of aryl methyl sites for hydroxylation is 1. The highest BCUT2D eigenvalue weighted by atomic mass is 32.2. The summed E-state index contributed by atoms with van der Waals surface area (Å²) < 4.78 is 35.0. The number of rotatable bonds is 6. The highest BCUT2D eigenvalue weighted by Gasteiger charge is 2.23. The summed E-state index contributed by atoms with van der Waals surface area (Å²) >= 11 is 3.36. The maximum Gasteiger partial charge on any atom is 0.265 e. The van der Waals surface area contributed by atoms with Crippen molar-refractivity contribution >= 4 is 55.2 Å². The van der Waals surface area contributed by atoms with Crippen LogP contribution in [0.1, 0.15) is 11.4 Å². The van der Waals surface area contributed by atoms with Crippen LogP contribution in [0.15, 0.2) is 82.7 Å². The highest BCUT2D eigenvalue weighted by molar-refractivity contribution is 8.03. The van der Waals surface area contributed by atoms with Gasteiger partial charge in [-0.1, -0.05) is 71.6 Å². The Labute approximate surface area is 200 Å². The van der Waals surface area contributed by atoms with Crippen LogP contribution in [0.2, 0.25) is 0 Å². The van der Waals surface area contributed by atoms with Crippen molar-refractivity contribution in [3.05, 3.63) is 82.8 Å². The Hall–Kier alpha value is -2.69. The number of thiazole rings is 1. The van der Waals surface area contributed by atoms with E-state index in [0.717, 1.165) is 37.1 Å². The molecule has 9 heteroatoms. The third-order valence-electron chi connectivity index (χ3n) is 5.24. The van der Waals surface area contributed by atoms with Crippen molar-refractivity contribution in [1.82, 2.24) is 0 Å². The minimum absolute atomic E-state index is 0. The van der Waals surface area contributed by atoms with Gasteiger partial charge in [0.15, 0.2) is 6.54 Å². The molecule has 0 aliphatic carbocycles. The van der Waals surface area contributed by atoms with Gasteiger partial charge in [0.05, 0.1) is 22.5 Å². The van der Waals surface area contributed by atoms with Gasteiger partial charge in [-0.2, -0.15) is 13.0 Å². The molecule has 1 aliphatic heterocycles. The van der Waals surface area contributed by atoms with Crippen molar-refractivity contribution < 1.29 is 23.0 Å². The molecule has 1 aliphatic rings. The summed E-state index contributed by atoms with van der Waals surface area (Å²) in [6, 6.07) is 24.8. The zero-order valence-electron chi connectivity index (χ0n) is 17.5. The van der Waals surface area contributed by atoms with E-state index in [0.29, 0.717) is 13.0 Å². The van der Waals surface area contributed by atoms with Crippen LogP contribution in [-0.2, 0) is 16.7 Å². The fourth-order valence-electron chi connectivity index (χ4n) is 3.77. The molecule has 1 aromatic heterocycles. The largest absolute Gasteiger partial charge is 0.870 e. The van der Waals surface area contributed by atoms with Crippen LogP contribution in [0.4, 0.5) is 5.69 Å². The molecule has 0 fully saturated rings. The van der Waals surface area contributed by atoms with Gasteiger partial charge in [0.25, 0.3) is 15.1 Å². The first-order valence-electron chi connectivity index (χ1n) is 10.2. The van der Waals surface area contributed by atoms with Gasteiger partial charge in [0.2, 0.25) is 5.52 Å². The third kappa shape index (κ3) is 5.29. The minimum Gasteiger partial charge on any atom is -0.870 e. The van der Waals surface area contributed by atoms with Gasteiger partial charge in [0, 0.05) is 17.4 Å². The molecule has 0 radical (unpaired) electrons. The molecular weight excluding hydrogens is 476 g/mol. The van der Waals surface area contributed by atoms with Crippen molar-refractivity contribution in [2.24, 2.45) is 0 Å². The Bertz CT molecular complexity index is 1400. The predicted molar refractivity (Wildman–Crippen MR) is 134 cm³/mol. The second-order valence-corrected chi connectivity index (χ2v) is 11.2. The van der Waals surface area contributed by atoms with Gasteiger partial charge in [-0.05, 0) is 29.3 Å². The number of aromatic nitrogens is 1. The molecular formula is C24H22N2O4S3. The van der Waals surface area contributed by atoms with Crippen LogP contribution in [0.3, 0.4) is 0 Å². The van der Waals surface area contributed by atoms with E-state index in [2.05, 4.69) is 58.4 Å². The maximum atomic E-state index is 11.3. The van der Waals surface area contributed by atoms with Gasteiger partial charge in [0.1, 0.15) is 4.70 Å². The standard InChI is InChI=1S/C24H20N2O3S3.H2O/c27-32(28,29)14-6-13-26-20-15-18(17-7-2-1-3-8-17)11-12-22(20)31-24(26)16-23-25-19-9-4-5-10-21(19)30-23;/h1-5,7-12,15-16H,6,13-14H2,(H,27,28,29);1H2. The summed E-state index contributed by atoms with van der Waals surface area (Å²) in [6.07, 6.45) is 2.45. The number of hydrogen-bond donors (Lipinski definition) is 2. The Morgan fingerprint density at radius 3 is 2.48 bits per heavy atom. The average molecular weight is 499 g/mol. The highest BCUT2D eigenvalue weighted by Crippen LogP contribution is 2.41. The molecule has 0 atom stereocenters. The second kappa shape index (κ2) is 9.66. The van der Waals surface area contributed by atoms with Crippen LogP contribution >= 0.6 is 23.1 Å². The van der Waals surface area contributed by atoms with Crippen molar-refractivity contribution in [2.45, 2.75) is 17.9 Å². The van der Waals surface area contributed by atoms with E-state index in [1.807, 2.05) is 30.3 Å². The van der Waals surface area contributed by atoms with Crippen molar-refractivity contribution in [3.8, 4) is 11.1 Å². The summed E-state index contributed by atoms with van der Waals surface area (Å²) in [7, 11) is -4.00. The second-order valence-electron chi connectivity index (χ2n) is 7.51. The van der Waals surface area contributed by atoms with Gasteiger partial charge >= 0.3 is 0 Å². The van der Waals surface area contributed by atoms with E-state index in [1.54, 1.807) is 23.1 Å². The van der Waals surface area contributed by atoms with Gasteiger partial charge in [-0.15, -0.1) is 0 Å². The fraction of sp³-hybridized carbons (Fsp3) is 0.125. The Kier molecular flexibility index (Phi) is 6.87. The summed E-state index contributed by atoms with van der Waals surface area (Å²) in [5.41, 5.74) is 4.39. The molecule has 3 N–H and O–H groups in total. The Morgan fingerprint density at radius 2 is 1.73 bits per heavy atom. The monoisotopic (exact) mass is 498 g/mol. The Balaban J connectivity index is 0.00000259. The molecule has 33 heavy (non-hydrogen) atoms.